The second-order valence-corrected chi connectivity index (χ2v) is 4.36. The van der Waals surface area contributed by atoms with Crippen LogP contribution in [0.15, 0.2) is 47.1 Å². The van der Waals surface area contributed by atoms with Crippen LogP contribution < -0.4 is 9.64 Å². The van der Waals surface area contributed by atoms with Crippen LogP contribution in [0, 0.1) is 0 Å². The number of rotatable bonds is 7. The van der Waals surface area contributed by atoms with Crippen molar-refractivity contribution in [3.63, 3.8) is 0 Å². The van der Waals surface area contributed by atoms with Crippen LogP contribution in [-0.4, -0.2) is 25.5 Å². The summed E-state index contributed by atoms with van der Waals surface area (Å²) in [5.41, 5.74) is 1.10. The van der Waals surface area contributed by atoms with Crippen molar-refractivity contribution in [3.05, 3.63) is 48.4 Å². The van der Waals surface area contributed by atoms with Gasteiger partial charge in [0.25, 0.3) is 0 Å². The number of carbonyl (C=O) groups excluding carboxylic acids is 1. The zero-order chi connectivity index (χ0) is 14.4. The summed E-state index contributed by atoms with van der Waals surface area (Å²) in [6.45, 7) is 6.07. The normalized spacial score (nSPS) is 10.3. The number of hydrogen-bond acceptors (Lipinski definition) is 4. The van der Waals surface area contributed by atoms with Gasteiger partial charge in [-0.1, -0.05) is 6.07 Å². The van der Waals surface area contributed by atoms with Gasteiger partial charge in [-0.15, -0.1) is 0 Å². The van der Waals surface area contributed by atoms with Gasteiger partial charge in [-0.25, -0.2) is 0 Å². The number of nitrogens with zero attached hydrogens (tertiary/aromatic N) is 1. The Morgan fingerprint density at radius 2 is 2.00 bits per heavy atom. The Labute approximate surface area is 119 Å². The van der Waals surface area contributed by atoms with Crippen LogP contribution in [0.1, 0.15) is 24.4 Å². The van der Waals surface area contributed by atoms with E-state index in [1.807, 2.05) is 24.3 Å². The molecule has 2 aromatic rings. The molecule has 1 heterocycles. The van der Waals surface area contributed by atoms with Crippen LogP contribution in [-0.2, 0) is 0 Å². The number of hydrogen-bond donors (Lipinski definition) is 0. The minimum atomic E-state index is -0.164. The van der Waals surface area contributed by atoms with Gasteiger partial charge in [0.05, 0.1) is 6.26 Å². The smallest absolute Gasteiger partial charge is 0.235 e. The summed E-state index contributed by atoms with van der Waals surface area (Å²) in [6, 6.07) is 11.1. The maximum absolute atomic E-state index is 11.8. The predicted octanol–water partition coefficient (Wildman–Crippen LogP) is 3.39. The molecule has 0 atom stereocenters. The van der Waals surface area contributed by atoms with Crippen molar-refractivity contribution in [1.82, 2.24) is 0 Å². The maximum Gasteiger partial charge on any atom is 0.235 e. The summed E-state index contributed by atoms with van der Waals surface area (Å²) in [7, 11) is 0. The number of anilines is 1. The molecule has 0 bridgehead atoms. The molecule has 0 unspecified atom stereocenters. The van der Waals surface area contributed by atoms with Gasteiger partial charge in [-0.05, 0) is 38.1 Å². The number of furan rings is 1. The molecule has 0 fully saturated rings. The zero-order valence-electron chi connectivity index (χ0n) is 11.8. The van der Waals surface area contributed by atoms with Crippen molar-refractivity contribution in [2.24, 2.45) is 0 Å². The molecule has 0 N–H and O–H groups in total. The van der Waals surface area contributed by atoms with Crippen molar-refractivity contribution >= 4 is 11.5 Å². The highest BCUT2D eigenvalue weighted by molar-refractivity contribution is 5.94. The summed E-state index contributed by atoms with van der Waals surface area (Å²) in [5.74, 6) is 0.849. The van der Waals surface area contributed by atoms with E-state index in [9.17, 15) is 4.79 Å². The highest BCUT2D eigenvalue weighted by Gasteiger charge is 2.10. The van der Waals surface area contributed by atoms with E-state index in [0.29, 0.717) is 11.5 Å². The number of carbonyl (C=O) groups is 1. The topological polar surface area (TPSA) is 42.7 Å². The third-order valence-electron chi connectivity index (χ3n) is 3.11. The largest absolute Gasteiger partial charge is 0.485 e. The van der Waals surface area contributed by atoms with E-state index in [4.69, 9.17) is 9.15 Å². The van der Waals surface area contributed by atoms with Gasteiger partial charge in [0, 0.05) is 24.8 Å². The molecule has 0 aliphatic rings. The Balaban J connectivity index is 1.99. The lowest BCUT2D eigenvalue weighted by atomic mass is 10.2. The summed E-state index contributed by atoms with van der Waals surface area (Å²) in [5, 5.41) is 0. The Bertz CT molecular complexity index is 545. The van der Waals surface area contributed by atoms with Crippen LogP contribution in [0.3, 0.4) is 0 Å². The van der Waals surface area contributed by atoms with Crippen LogP contribution >= 0.6 is 0 Å². The van der Waals surface area contributed by atoms with Crippen LogP contribution in [0.25, 0.3) is 0 Å². The lowest BCUT2D eigenvalue weighted by Gasteiger charge is -2.21. The summed E-state index contributed by atoms with van der Waals surface area (Å²) < 4.78 is 10.6. The highest BCUT2D eigenvalue weighted by atomic mass is 16.5. The molecule has 0 amide bonds. The molecular formula is C16H19NO3. The van der Waals surface area contributed by atoms with Crippen molar-refractivity contribution in [3.8, 4) is 5.75 Å². The van der Waals surface area contributed by atoms with Crippen molar-refractivity contribution in [2.45, 2.75) is 13.8 Å². The fraction of sp³-hybridized carbons (Fsp3) is 0.312. The summed E-state index contributed by atoms with van der Waals surface area (Å²) in [6.07, 6.45) is 1.48. The molecule has 0 aliphatic carbocycles. The Morgan fingerprint density at radius 1 is 1.20 bits per heavy atom. The Hall–Kier alpha value is -2.23. The van der Waals surface area contributed by atoms with Gasteiger partial charge in [0.1, 0.15) is 5.75 Å². The third-order valence-corrected chi connectivity index (χ3v) is 3.11. The van der Waals surface area contributed by atoms with Crippen LogP contribution in [0.4, 0.5) is 5.69 Å². The van der Waals surface area contributed by atoms with E-state index in [1.165, 1.54) is 6.26 Å². The third kappa shape index (κ3) is 3.41. The number of ketones is 1. The first-order valence-corrected chi connectivity index (χ1v) is 6.79. The van der Waals surface area contributed by atoms with E-state index in [0.717, 1.165) is 18.8 Å². The lowest BCUT2D eigenvalue weighted by Crippen LogP contribution is -2.21. The second-order valence-electron chi connectivity index (χ2n) is 4.36. The first-order valence-electron chi connectivity index (χ1n) is 6.79. The maximum atomic E-state index is 11.8. The fourth-order valence-corrected chi connectivity index (χ4v) is 2.02. The van der Waals surface area contributed by atoms with Gasteiger partial charge >= 0.3 is 0 Å². The molecular weight excluding hydrogens is 254 g/mol. The molecule has 0 saturated carbocycles. The highest BCUT2D eigenvalue weighted by Crippen LogP contribution is 2.21. The molecule has 1 aromatic heterocycles. The zero-order valence-corrected chi connectivity index (χ0v) is 11.8. The molecule has 1 aromatic carbocycles. The van der Waals surface area contributed by atoms with E-state index < -0.39 is 0 Å². The van der Waals surface area contributed by atoms with Gasteiger partial charge in [-0.2, -0.15) is 0 Å². The Morgan fingerprint density at radius 3 is 2.65 bits per heavy atom. The van der Waals surface area contributed by atoms with Gasteiger partial charge in [0.2, 0.25) is 5.78 Å². The molecule has 0 radical (unpaired) electrons. The lowest BCUT2D eigenvalue weighted by molar-refractivity contribution is 0.0894. The molecule has 0 spiro atoms. The van der Waals surface area contributed by atoms with Gasteiger partial charge in [-0.3, -0.25) is 4.79 Å². The molecule has 4 nitrogen and oxygen atoms in total. The molecule has 0 aliphatic heterocycles. The van der Waals surface area contributed by atoms with E-state index in [1.54, 1.807) is 12.1 Å². The van der Waals surface area contributed by atoms with E-state index in [-0.39, 0.29) is 12.4 Å². The molecule has 0 saturated heterocycles. The molecule has 20 heavy (non-hydrogen) atoms. The second kappa shape index (κ2) is 6.80. The predicted molar refractivity (Wildman–Crippen MR) is 78.5 cm³/mol. The molecule has 2 rings (SSSR count). The number of benzene rings is 1. The fourth-order valence-electron chi connectivity index (χ4n) is 2.02. The van der Waals surface area contributed by atoms with Gasteiger partial charge < -0.3 is 14.1 Å². The first-order chi connectivity index (χ1) is 9.74. The van der Waals surface area contributed by atoms with Gasteiger partial charge in [0.15, 0.2) is 12.4 Å². The number of ether oxygens (including phenoxy) is 1. The van der Waals surface area contributed by atoms with Crippen molar-refractivity contribution in [1.29, 1.82) is 0 Å². The first kappa shape index (κ1) is 14.2. The minimum absolute atomic E-state index is 0.0186. The SMILES string of the molecule is CCN(CC)c1cccc(OCC(=O)c2ccco2)c1. The summed E-state index contributed by atoms with van der Waals surface area (Å²) >= 11 is 0. The summed E-state index contributed by atoms with van der Waals surface area (Å²) in [4.78, 5) is 14.0. The average Bonchev–Trinajstić information content (AvgIpc) is 3.01. The quantitative estimate of drug-likeness (QED) is 0.725. The molecule has 106 valence electrons. The monoisotopic (exact) mass is 273 g/mol. The average molecular weight is 273 g/mol. The van der Waals surface area contributed by atoms with E-state index in [2.05, 4.69) is 18.7 Å². The minimum Gasteiger partial charge on any atom is -0.485 e. The van der Waals surface area contributed by atoms with Crippen molar-refractivity contribution in [2.75, 3.05) is 24.6 Å². The number of Topliss-reactive ketones (excluding diaryl/α,β-unsaturated/α-hetero) is 1. The van der Waals surface area contributed by atoms with Crippen LogP contribution in [0.5, 0.6) is 5.75 Å². The van der Waals surface area contributed by atoms with E-state index >= 15 is 0 Å². The van der Waals surface area contributed by atoms with Crippen molar-refractivity contribution < 1.29 is 13.9 Å². The van der Waals surface area contributed by atoms with Crippen LogP contribution in [0.2, 0.25) is 0 Å². The molecule has 4 heteroatoms. The standard InChI is InChI=1S/C16H19NO3/c1-3-17(4-2)13-7-5-8-14(11-13)20-12-15(18)16-9-6-10-19-16/h5-11H,3-4,12H2,1-2H3. The Kier molecular flexibility index (Phi) is 4.82.